The van der Waals surface area contributed by atoms with Gasteiger partial charge in [0, 0.05) is 11.5 Å². The van der Waals surface area contributed by atoms with Crippen LogP contribution in [0.1, 0.15) is 45.2 Å². The van der Waals surface area contributed by atoms with Gasteiger partial charge in [0.2, 0.25) is 0 Å². The average Bonchev–Trinajstić information content (AvgIpc) is 2.61. The van der Waals surface area contributed by atoms with Crippen molar-refractivity contribution in [1.82, 2.24) is 15.0 Å². The summed E-state index contributed by atoms with van der Waals surface area (Å²) in [4.78, 5) is 5.34. The summed E-state index contributed by atoms with van der Waals surface area (Å²) >= 11 is 1.32. The molecule has 1 rings (SSSR count). The molecule has 0 aliphatic carbocycles. The normalized spacial score (nSPS) is 13.3. The third-order valence-electron chi connectivity index (χ3n) is 1.94. The van der Waals surface area contributed by atoms with E-state index in [4.69, 9.17) is 5.84 Å². The van der Waals surface area contributed by atoms with Gasteiger partial charge in [0.15, 0.2) is 5.84 Å². The number of hydrazine groups is 1. The van der Waals surface area contributed by atoms with Crippen molar-refractivity contribution in [2.45, 2.75) is 46.1 Å². The van der Waals surface area contributed by atoms with Gasteiger partial charge in [-0.15, -0.1) is 5.10 Å². The minimum absolute atomic E-state index is 0.0586. The molecule has 0 radical (unpaired) electrons. The highest BCUT2D eigenvalue weighted by Crippen LogP contribution is 2.25. The first-order valence-corrected chi connectivity index (χ1v) is 6.01. The second kappa shape index (κ2) is 4.88. The van der Waals surface area contributed by atoms with Crippen LogP contribution in [0.5, 0.6) is 0 Å². The smallest absolute Gasteiger partial charge is 0.156 e. The zero-order valence-corrected chi connectivity index (χ0v) is 11.2. The molecule has 0 spiro atoms. The van der Waals surface area contributed by atoms with Crippen LogP contribution in [-0.4, -0.2) is 21.5 Å². The molecule has 0 unspecified atom stereocenters. The highest BCUT2D eigenvalue weighted by atomic mass is 32.1. The first-order chi connectivity index (χ1) is 7.36. The second-order valence-corrected chi connectivity index (χ2v) is 5.67. The maximum atomic E-state index is 5.49. The van der Waals surface area contributed by atoms with Crippen LogP contribution in [0.15, 0.2) is 4.99 Å². The second-order valence-electron chi connectivity index (χ2n) is 4.92. The first-order valence-electron chi connectivity index (χ1n) is 5.24. The number of nitrogens with zero attached hydrogens (tertiary/aromatic N) is 3. The molecule has 0 bridgehead atoms. The molecule has 3 N–H and O–H groups in total. The van der Waals surface area contributed by atoms with Crippen molar-refractivity contribution >= 4 is 17.4 Å². The van der Waals surface area contributed by atoms with Crippen molar-refractivity contribution in [3.05, 3.63) is 10.6 Å². The highest BCUT2D eigenvalue weighted by molar-refractivity contribution is 7.08. The standard InChI is InChI=1S/C10H19N5S/c1-6(2)12-9(13-11)7-8(10(3,4)5)14-15-16-7/h6H,11H2,1-5H3,(H,12,13). The number of aromatic nitrogens is 2. The number of amidine groups is 1. The molecule has 90 valence electrons. The fraction of sp³-hybridized carbons (Fsp3) is 0.700. The Hall–Kier alpha value is -1.01. The predicted octanol–water partition coefficient (Wildman–Crippen LogP) is 1.45. The molecule has 0 atom stereocenters. The van der Waals surface area contributed by atoms with Crippen LogP contribution in [0.2, 0.25) is 0 Å². The van der Waals surface area contributed by atoms with Gasteiger partial charge in [-0.25, -0.2) is 5.84 Å². The summed E-state index contributed by atoms with van der Waals surface area (Å²) in [7, 11) is 0. The van der Waals surface area contributed by atoms with Gasteiger partial charge >= 0.3 is 0 Å². The van der Waals surface area contributed by atoms with Crippen molar-refractivity contribution in [3.63, 3.8) is 0 Å². The topological polar surface area (TPSA) is 76.2 Å². The SMILES string of the molecule is CC(C)N=C(NN)c1snnc1C(C)(C)C. The van der Waals surface area contributed by atoms with Crippen molar-refractivity contribution in [2.75, 3.05) is 0 Å². The summed E-state index contributed by atoms with van der Waals surface area (Å²) in [5.74, 6) is 6.16. The van der Waals surface area contributed by atoms with Crippen LogP contribution in [0.3, 0.4) is 0 Å². The highest BCUT2D eigenvalue weighted by Gasteiger charge is 2.24. The zero-order valence-electron chi connectivity index (χ0n) is 10.4. The van der Waals surface area contributed by atoms with E-state index < -0.39 is 0 Å². The Morgan fingerprint density at radius 2 is 2.06 bits per heavy atom. The molecule has 1 heterocycles. The lowest BCUT2D eigenvalue weighted by atomic mass is 9.91. The zero-order chi connectivity index (χ0) is 12.3. The average molecular weight is 241 g/mol. The summed E-state index contributed by atoms with van der Waals surface area (Å²) in [6.07, 6.45) is 0. The Balaban J connectivity index is 3.17. The molecule has 6 heteroatoms. The largest absolute Gasteiger partial charge is 0.307 e. The lowest BCUT2D eigenvalue weighted by Gasteiger charge is -2.17. The maximum Gasteiger partial charge on any atom is 0.156 e. The van der Waals surface area contributed by atoms with E-state index in [1.54, 1.807) is 0 Å². The minimum Gasteiger partial charge on any atom is -0.307 e. The van der Waals surface area contributed by atoms with E-state index in [0.717, 1.165) is 10.6 Å². The molecular formula is C10H19N5S. The van der Waals surface area contributed by atoms with Crippen LogP contribution >= 0.6 is 11.5 Å². The molecule has 16 heavy (non-hydrogen) atoms. The molecule has 1 aromatic heterocycles. The fourth-order valence-electron chi connectivity index (χ4n) is 1.26. The Kier molecular flexibility index (Phi) is 3.98. The van der Waals surface area contributed by atoms with E-state index in [9.17, 15) is 0 Å². The van der Waals surface area contributed by atoms with Crippen LogP contribution in [0, 0.1) is 0 Å². The third kappa shape index (κ3) is 2.99. The lowest BCUT2D eigenvalue weighted by Crippen LogP contribution is -2.33. The van der Waals surface area contributed by atoms with Gasteiger partial charge in [0.05, 0.1) is 5.69 Å². The van der Waals surface area contributed by atoms with E-state index in [1.807, 2.05) is 13.8 Å². The molecule has 0 fully saturated rings. The van der Waals surface area contributed by atoms with E-state index in [-0.39, 0.29) is 11.5 Å². The third-order valence-corrected chi connectivity index (χ3v) is 2.67. The summed E-state index contributed by atoms with van der Waals surface area (Å²) in [5.41, 5.74) is 3.50. The number of hydrogen-bond donors (Lipinski definition) is 2. The summed E-state index contributed by atoms with van der Waals surface area (Å²) in [6, 6.07) is 0.181. The summed E-state index contributed by atoms with van der Waals surface area (Å²) in [6.45, 7) is 10.3. The molecule has 0 saturated heterocycles. The van der Waals surface area contributed by atoms with Gasteiger partial charge in [0.25, 0.3) is 0 Å². The Bertz CT molecular complexity index is 375. The van der Waals surface area contributed by atoms with Gasteiger partial charge in [0.1, 0.15) is 4.88 Å². The van der Waals surface area contributed by atoms with Gasteiger partial charge in [-0.05, 0) is 25.4 Å². The van der Waals surface area contributed by atoms with E-state index in [2.05, 4.69) is 40.8 Å². The van der Waals surface area contributed by atoms with Crippen LogP contribution < -0.4 is 11.3 Å². The van der Waals surface area contributed by atoms with Crippen molar-refractivity contribution < 1.29 is 0 Å². The minimum atomic E-state index is -0.0586. The molecule has 0 saturated carbocycles. The van der Waals surface area contributed by atoms with Gasteiger partial charge < -0.3 is 5.43 Å². The number of aliphatic imine (C=N–C) groups is 1. The van der Waals surface area contributed by atoms with Gasteiger partial charge in [-0.3, -0.25) is 4.99 Å². The molecule has 0 amide bonds. The lowest BCUT2D eigenvalue weighted by molar-refractivity contribution is 0.565. The van der Waals surface area contributed by atoms with Crippen molar-refractivity contribution in [1.29, 1.82) is 0 Å². The Labute approximate surface area is 100 Å². The van der Waals surface area contributed by atoms with Crippen LogP contribution in [0.25, 0.3) is 0 Å². The van der Waals surface area contributed by atoms with Crippen molar-refractivity contribution in [2.24, 2.45) is 10.8 Å². The van der Waals surface area contributed by atoms with E-state index in [1.165, 1.54) is 11.5 Å². The molecular weight excluding hydrogens is 222 g/mol. The van der Waals surface area contributed by atoms with Gasteiger partial charge in [-0.1, -0.05) is 25.3 Å². The molecule has 0 aliphatic heterocycles. The van der Waals surface area contributed by atoms with Gasteiger partial charge in [-0.2, -0.15) is 0 Å². The summed E-state index contributed by atoms with van der Waals surface area (Å²) in [5, 5.41) is 4.16. The molecule has 5 nitrogen and oxygen atoms in total. The summed E-state index contributed by atoms with van der Waals surface area (Å²) < 4.78 is 3.98. The molecule has 0 aromatic carbocycles. The molecule has 0 aliphatic rings. The quantitative estimate of drug-likeness (QED) is 0.356. The van der Waals surface area contributed by atoms with E-state index >= 15 is 0 Å². The number of hydrogen-bond acceptors (Lipinski definition) is 5. The van der Waals surface area contributed by atoms with E-state index in [0.29, 0.717) is 5.84 Å². The Morgan fingerprint density at radius 3 is 2.50 bits per heavy atom. The fourth-order valence-corrected chi connectivity index (χ4v) is 2.09. The molecule has 1 aromatic rings. The first kappa shape index (κ1) is 13.1. The number of nitrogens with one attached hydrogen (secondary N) is 1. The van der Waals surface area contributed by atoms with Crippen LogP contribution in [0.4, 0.5) is 0 Å². The number of rotatable bonds is 2. The van der Waals surface area contributed by atoms with Crippen molar-refractivity contribution in [3.8, 4) is 0 Å². The Morgan fingerprint density at radius 1 is 1.44 bits per heavy atom. The van der Waals surface area contributed by atoms with Crippen LogP contribution in [-0.2, 0) is 5.41 Å². The monoisotopic (exact) mass is 241 g/mol. The predicted molar refractivity (Wildman–Crippen MR) is 67.6 cm³/mol. The maximum absolute atomic E-state index is 5.49. The number of nitrogens with two attached hydrogens (primary N) is 1.